The van der Waals surface area contributed by atoms with Crippen molar-refractivity contribution < 1.29 is 30.0 Å². The Balaban J connectivity index is 2.00. The molecule has 0 unspecified atom stereocenters. The van der Waals surface area contributed by atoms with Gasteiger partial charge in [0.2, 0.25) is 0 Å². The SMILES string of the molecule is CS(=O)(=O)c1cccc(-c2ccc(C(N)=CC(=NS(=O)(=O)c3ccccc3)C(F)(F)F)s2)c1. The third-order valence-electron chi connectivity index (χ3n) is 4.28. The lowest BCUT2D eigenvalue weighted by molar-refractivity contribution is -0.0575. The summed E-state index contributed by atoms with van der Waals surface area (Å²) in [4.78, 5) is 0.497. The van der Waals surface area contributed by atoms with Gasteiger partial charge in [0.1, 0.15) is 0 Å². The first-order valence-corrected chi connectivity index (χ1v) is 13.3. The molecule has 0 bridgehead atoms. The monoisotopic (exact) mass is 514 g/mol. The Kier molecular flexibility index (Phi) is 6.82. The van der Waals surface area contributed by atoms with Crippen molar-refractivity contribution in [3.05, 3.63) is 77.7 Å². The Hall–Kier alpha value is -2.96. The highest BCUT2D eigenvalue weighted by atomic mass is 32.2. The summed E-state index contributed by atoms with van der Waals surface area (Å²) < 4.78 is 91.7. The van der Waals surface area contributed by atoms with Gasteiger partial charge in [0.15, 0.2) is 15.5 Å². The number of hydrogen-bond donors (Lipinski definition) is 1. The summed E-state index contributed by atoms with van der Waals surface area (Å²) in [6, 6.07) is 15.6. The number of sulfonamides is 1. The van der Waals surface area contributed by atoms with Crippen LogP contribution in [0.5, 0.6) is 0 Å². The molecule has 0 aliphatic carbocycles. The van der Waals surface area contributed by atoms with Crippen molar-refractivity contribution in [1.82, 2.24) is 0 Å². The van der Waals surface area contributed by atoms with Gasteiger partial charge in [0.25, 0.3) is 10.0 Å². The summed E-state index contributed by atoms with van der Waals surface area (Å²) in [7, 11) is -8.06. The van der Waals surface area contributed by atoms with E-state index < -0.39 is 31.7 Å². The van der Waals surface area contributed by atoms with Crippen molar-refractivity contribution in [3.63, 3.8) is 0 Å². The van der Waals surface area contributed by atoms with Crippen LogP contribution in [-0.2, 0) is 19.9 Å². The molecular formula is C21H17F3N2O4S3. The highest BCUT2D eigenvalue weighted by Crippen LogP contribution is 2.32. The fourth-order valence-corrected chi connectivity index (χ4v) is 5.30. The molecule has 12 heteroatoms. The Bertz CT molecular complexity index is 1440. The minimum absolute atomic E-state index is 0.0936. The number of alkyl halides is 3. The van der Waals surface area contributed by atoms with E-state index in [0.29, 0.717) is 16.5 Å². The Morgan fingerprint density at radius 2 is 1.58 bits per heavy atom. The molecule has 0 aliphatic heterocycles. The van der Waals surface area contributed by atoms with Gasteiger partial charge in [-0.2, -0.15) is 26.0 Å². The van der Waals surface area contributed by atoms with Crippen molar-refractivity contribution >= 4 is 42.6 Å². The maximum atomic E-state index is 13.5. The number of benzene rings is 2. The smallest absolute Gasteiger partial charge is 0.398 e. The van der Waals surface area contributed by atoms with Crippen LogP contribution in [0.25, 0.3) is 16.1 Å². The van der Waals surface area contributed by atoms with Crippen LogP contribution < -0.4 is 5.73 Å². The molecule has 0 atom stereocenters. The molecule has 0 fully saturated rings. The third kappa shape index (κ3) is 6.09. The highest BCUT2D eigenvalue weighted by Gasteiger charge is 2.36. The first-order chi connectivity index (χ1) is 15.3. The molecule has 0 saturated heterocycles. The second-order valence-electron chi connectivity index (χ2n) is 6.83. The van der Waals surface area contributed by atoms with Gasteiger partial charge in [-0.1, -0.05) is 30.3 Å². The van der Waals surface area contributed by atoms with Gasteiger partial charge in [-0.15, -0.1) is 11.3 Å². The Labute approximate surface area is 192 Å². The van der Waals surface area contributed by atoms with Crippen molar-refractivity contribution in [2.24, 2.45) is 10.1 Å². The average Bonchev–Trinajstić information content (AvgIpc) is 3.23. The molecule has 1 heterocycles. The molecule has 33 heavy (non-hydrogen) atoms. The minimum atomic E-state index is -5.07. The van der Waals surface area contributed by atoms with Crippen molar-refractivity contribution in [2.75, 3.05) is 6.26 Å². The molecule has 2 aromatic carbocycles. The van der Waals surface area contributed by atoms with Crippen LogP contribution in [0.3, 0.4) is 0 Å². The zero-order valence-electron chi connectivity index (χ0n) is 16.9. The largest absolute Gasteiger partial charge is 0.434 e. The van der Waals surface area contributed by atoms with E-state index in [1.807, 2.05) is 0 Å². The first kappa shape index (κ1) is 24.7. The summed E-state index contributed by atoms with van der Waals surface area (Å²) in [6.07, 6.45) is -3.55. The maximum Gasteiger partial charge on any atom is 0.434 e. The molecule has 6 nitrogen and oxygen atoms in total. The standard InChI is InChI=1S/C21H17F3N2O4S3/c1-32(27,28)16-9-5-6-14(12-16)18-10-11-19(31-18)17(25)13-20(21(22,23)24)26-33(29,30)15-7-3-2-4-8-15/h2-13H,25H2,1H3. The summed E-state index contributed by atoms with van der Waals surface area (Å²) in [6.45, 7) is 0. The topological polar surface area (TPSA) is 107 Å². The van der Waals surface area contributed by atoms with Gasteiger partial charge in [0, 0.05) is 11.1 Å². The van der Waals surface area contributed by atoms with E-state index in [-0.39, 0.29) is 20.4 Å². The van der Waals surface area contributed by atoms with Crippen LogP contribution >= 0.6 is 11.3 Å². The maximum absolute atomic E-state index is 13.5. The van der Waals surface area contributed by atoms with Crippen LogP contribution in [0.2, 0.25) is 0 Å². The van der Waals surface area contributed by atoms with E-state index in [9.17, 15) is 30.0 Å². The van der Waals surface area contributed by atoms with E-state index >= 15 is 0 Å². The zero-order valence-corrected chi connectivity index (χ0v) is 19.4. The molecular weight excluding hydrogens is 497 g/mol. The molecule has 1 aromatic heterocycles. The van der Waals surface area contributed by atoms with Gasteiger partial charge >= 0.3 is 6.18 Å². The predicted molar refractivity (Wildman–Crippen MR) is 122 cm³/mol. The number of rotatable bonds is 6. The lowest BCUT2D eigenvalue weighted by atomic mass is 10.2. The lowest BCUT2D eigenvalue weighted by Gasteiger charge is -2.08. The second kappa shape index (κ2) is 9.12. The van der Waals surface area contributed by atoms with Crippen LogP contribution in [0, 0.1) is 0 Å². The summed E-state index contributed by atoms with van der Waals surface area (Å²) in [5.74, 6) is 0. The Morgan fingerprint density at radius 1 is 0.939 bits per heavy atom. The molecule has 0 saturated carbocycles. The van der Waals surface area contributed by atoms with Crippen LogP contribution in [-0.4, -0.2) is 35.0 Å². The normalized spacial score (nSPS) is 13.8. The van der Waals surface area contributed by atoms with Gasteiger partial charge in [-0.3, -0.25) is 0 Å². The number of nitrogens with zero attached hydrogens (tertiary/aromatic N) is 1. The quantitative estimate of drug-likeness (QED) is 0.487. The summed E-state index contributed by atoms with van der Waals surface area (Å²) in [5.41, 5.74) is 4.37. The molecule has 3 rings (SSSR count). The van der Waals surface area contributed by atoms with Gasteiger partial charge in [-0.05, 0) is 48.0 Å². The van der Waals surface area contributed by atoms with Crippen molar-refractivity contribution in [1.29, 1.82) is 0 Å². The first-order valence-electron chi connectivity index (χ1n) is 9.12. The Morgan fingerprint density at radius 3 is 2.18 bits per heavy atom. The fourth-order valence-electron chi connectivity index (χ4n) is 2.68. The molecule has 3 aromatic rings. The van der Waals surface area contributed by atoms with Crippen LogP contribution in [0.1, 0.15) is 4.88 Å². The van der Waals surface area contributed by atoms with Crippen molar-refractivity contribution in [2.45, 2.75) is 16.0 Å². The zero-order chi connectivity index (χ0) is 24.4. The van der Waals surface area contributed by atoms with Crippen LogP contribution in [0.4, 0.5) is 13.2 Å². The van der Waals surface area contributed by atoms with Crippen molar-refractivity contribution in [3.8, 4) is 10.4 Å². The molecule has 0 amide bonds. The average molecular weight is 515 g/mol. The fraction of sp³-hybridized carbons (Fsp3) is 0.0952. The van der Waals surface area contributed by atoms with E-state index in [1.165, 1.54) is 36.4 Å². The lowest BCUT2D eigenvalue weighted by Crippen LogP contribution is -2.23. The third-order valence-corrected chi connectivity index (χ3v) is 7.88. The van der Waals surface area contributed by atoms with Gasteiger partial charge < -0.3 is 5.73 Å². The van der Waals surface area contributed by atoms with Gasteiger partial charge in [0.05, 0.1) is 20.4 Å². The molecule has 0 spiro atoms. The molecule has 174 valence electrons. The van der Waals surface area contributed by atoms with E-state index in [2.05, 4.69) is 4.40 Å². The summed E-state index contributed by atoms with van der Waals surface area (Å²) in [5, 5.41) is 0. The van der Waals surface area contributed by atoms with E-state index in [0.717, 1.165) is 29.7 Å². The molecule has 2 N–H and O–H groups in total. The van der Waals surface area contributed by atoms with E-state index in [1.54, 1.807) is 18.2 Å². The molecule has 0 radical (unpaired) electrons. The van der Waals surface area contributed by atoms with E-state index in [4.69, 9.17) is 5.73 Å². The van der Waals surface area contributed by atoms with Gasteiger partial charge in [-0.25, -0.2) is 8.42 Å². The number of sulfone groups is 1. The number of thiophene rings is 1. The number of hydrogen-bond acceptors (Lipinski definition) is 6. The minimum Gasteiger partial charge on any atom is -0.398 e. The summed E-state index contributed by atoms with van der Waals surface area (Å²) >= 11 is 1.02. The number of allylic oxidation sites excluding steroid dienone is 1. The second-order valence-corrected chi connectivity index (χ2v) is 11.5. The number of nitrogens with two attached hydrogens (primary N) is 1. The van der Waals surface area contributed by atoms with Crippen LogP contribution in [0.15, 0.2) is 87.0 Å². The predicted octanol–water partition coefficient (Wildman–Crippen LogP) is 4.51. The highest BCUT2D eigenvalue weighted by molar-refractivity contribution is 7.90. The number of halogens is 3. The molecule has 0 aliphatic rings.